The number of halogens is 3. The van der Waals surface area contributed by atoms with E-state index in [0.29, 0.717) is 53.1 Å². The molecule has 2 aromatic heterocycles. The molecule has 4 heterocycles. The summed E-state index contributed by atoms with van der Waals surface area (Å²) in [7, 11) is 1.51. The molecule has 0 radical (unpaired) electrons. The summed E-state index contributed by atoms with van der Waals surface area (Å²) in [5.41, 5.74) is -0.661. The number of anilines is 2. The van der Waals surface area contributed by atoms with Crippen molar-refractivity contribution in [3.8, 4) is 17.2 Å². The van der Waals surface area contributed by atoms with Crippen molar-refractivity contribution >= 4 is 22.4 Å². The molecule has 0 saturated carbocycles. The summed E-state index contributed by atoms with van der Waals surface area (Å²) >= 11 is 0. The predicted molar refractivity (Wildman–Crippen MR) is 165 cm³/mol. The minimum atomic E-state index is -1.37. The van der Waals surface area contributed by atoms with Crippen LogP contribution >= 0.6 is 0 Å². The fourth-order valence-corrected chi connectivity index (χ4v) is 5.21. The molecule has 0 saturated heterocycles. The molecule has 0 atom stereocenters. The second-order valence-corrected chi connectivity index (χ2v) is 10.1. The van der Waals surface area contributed by atoms with Gasteiger partial charge >= 0.3 is 11.4 Å². The molecule has 0 amide bonds. The Kier molecular flexibility index (Phi) is 9.50. The number of fused-ring (bicyclic) bond motifs is 7. The third-order valence-corrected chi connectivity index (χ3v) is 7.36. The Morgan fingerprint density at radius 1 is 0.956 bits per heavy atom. The van der Waals surface area contributed by atoms with E-state index in [9.17, 15) is 22.8 Å². The van der Waals surface area contributed by atoms with Crippen molar-refractivity contribution < 1.29 is 22.6 Å². The molecular weight excluding hydrogens is 587 g/mol. The van der Waals surface area contributed by atoms with Crippen LogP contribution in [0.25, 0.3) is 16.5 Å². The monoisotopic (exact) mass is 619 g/mol. The van der Waals surface area contributed by atoms with Gasteiger partial charge in [0.1, 0.15) is 17.3 Å². The van der Waals surface area contributed by atoms with E-state index in [1.165, 1.54) is 13.3 Å². The number of benzene rings is 3. The number of pyridine rings is 1. The molecule has 2 bridgehead atoms. The third-order valence-electron chi connectivity index (χ3n) is 7.36. The SMILES string of the molecule is CC.COc1ccc2c(c1)OCCCCCc1cccc3cncc(c13)-n1c(=O)nc(n(Cc3cc(F)c(F)cc3F)c1=O)N2. The van der Waals surface area contributed by atoms with Crippen LogP contribution in [0.2, 0.25) is 0 Å². The standard InChI is InChI=1S/C31H26F3N5O4.C2H6/c1-42-21-9-10-25-27(13-21)43-11-4-2-3-6-18-7-5-8-19-15-35-16-26(28(18)19)39-30(40)37-29(36-25)38(31(39)41)17-20-12-23(33)24(34)14-22(20)32;1-2/h5,7-10,12-16H,2-4,6,11,17H2,1H3,(H,36,37,40);1-2H3. The van der Waals surface area contributed by atoms with E-state index in [1.54, 1.807) is 24.4 Å². The number of nitrogens with zero attached hydrogens (tertiary/aromatic N) is 4. The maximum atomic E-state index is 14.8. The number of nitrogens with one attached hydrogen (secondary N) is 1. The first kappa shape index (κ1) is 31.3. The van der Waals surface area contributed by atoms with Gasteiger partial charge in [-0.25, -0.2) is 27.3 Å². The number of aromatic nitrogens is 4. The largest absolute Gasteiger partial charge is 0.497 e. The lowest BCUT2D eigenvalue weighted by atomic mass is 9.99. The van der Waals surface area contributed by atoms with Crippen LogP contribution in [0, 0.1) is 17.5 Å². The molecule has 234 valence electrons. The van der Waals surface area contributed by atoms with Gasteiger partial charge in [-0.15, -0.1) is 0 Å². The molecule has 2 aliphatic rings. The van der Waals surface area contributed by atoms with E-state index in [2.05, 4.69) is 15.3 Å². The molecule has 2 aliphatic heterocycles. The number of rotatable bonds is 3. The van der Waals surface area contributed by atoms with E-state index in [-0.39, 0.29) is 17.2 Å². The fraction of sp³-hybridized carbons (Fsp3) is 0.273. The van der Waals surface area contributed by atoms with Gasteiger partial charge in [-0.2, -0.15) is 4.98 Å². The minimum Gasteiger partial charge on any atom is -0.497 e. The summed E-state index contributed by atoms with van der Waals surface area (Å²) in [6.45, 7) is 3.81. The maximum absolute atomic E-state index is 14.8. The lowest BCUT2D eigenvalue weighted by Gasteiger charge is -2.19. The number of hydrogen-bond acceptors (Lipinski definition) is 7. The maximum Gasteiger partial charge on any atom is 0.359 e. The van der Waals surface area contributed by atoms with Crippen LogP contribution in [0.1, 0.15) is 44.2 Å². The Balaban J connectivity index is 0.00000196. The van der Waals surface area contributed by atoms with Crippen molar-refractivity contribution in [3.05, 3.63) is 110 Å². The van der Waals surface area contributed by atoms with E-state index in [4.69, 9.17) is 9.47 Å². The van der Waals surface area contributed by atoms with E-state index < -0.39 is 35.4 Å². The van der Waals surface area contributed by atoms with Crippen molar-refractivity contribution in [1.29, 1.82) is 0 Å². The molecular formula is C33H32F3N5O4. The molecule has 0 unspecified atom stereocenters. The van der Waals surface area contributed by atoms with E-state index in [0.717, 1.165) is 34.0 Å². The van der Waals surface area contributed by atoms with Gasteiger partial charge in [0, 0.05) is 34.7 Å². The van der Waals surface area contributed by atoms with Crippen LogP contribution in [-0.2, 0) is 13.0 Å². The number of aryl methyl sites for hydroxylation is 1. The van der Waals surface area contributed by atoms with E-state index in [1.807, 2.05) is 32.0 Å². The lowest BCUT2D eigenvalue weighted by Crippen LogP contribution is -2.42. The Morgan fingerprint density at radius 2 is 1.76 bits per heavy atom. The molecule has 7 rings (SSSR count). The average Bonchev–Trinajstić information content (AvgIpc) is 3.04. The van der Waals surface area contributed by atoms with Crippen LogP contribution in [-0.4, -0.2) is 32.8 Å². The van der Waals surface area contributed by atoms with Crippen molar-refractivity contribution in [2.45, 2.75) is 46.1 Å². The Hall–Kier alpha value is -5.13. The molecule has 0 fully saturated rings. The van der Waals surface area contributed by atoms with Gasteiger partial charge in [-0.05, 0) is 49.4 Å². The average molecular weight is 620 g/mol. The summed E-state index contributed by atoms with van der Waals surface area (Å²) in [5.74, 6) is -3.11. The second kappa shape index (κ2) is 13.7. The van der Waals surface area contributed by atoms with Gasteiger partial charge in [-0.3, -0.25) is 9.55 Å². The highest BCUT2D eigenvalue weighted by Gasteiger charge is 2.21. The molecule has 5 aromatic rings. The van der Waals surface area contributed by atoms with Gasteiger partial charge in [-0.1, -0.05) is 32.0 Å². The lowest BCUT2D eigenvalue weighted by molar-refractivity contribution is 0.304. The van der Waals surface area contributed by atoms with Crippen molar-refractivity contribution in [2.75, 3.05) is 19.0 Å². The summed E-state index contributed by atoms with van der Waals surface area (Å²) in [6.07, 6.45) is 6.16. The number of methoxy groups -OCH3 is 1. The highest BCUT2D eigenvalue weighted by Crippen LogP contribution is 2.32. The van der Waals surface area contributed by atoms with Crippen molar-refractivity contribution in [1.82, 2.24) is 19.1 Å². The van der Waals surface area contributed by atoms with Crippen LogP contribution in [0.5, 0.6) is 11.5 Å². The van der Waals surface area contributed by atoms with Crippen molar-refractivity contribution in [3.63, 3.8) is 0 Å². The molecule has 9 nitrogen and oxygen atoms in total. The number of hydrogen-bond donors (Lipinski definition) is 1. The zero-order valence-electron chi connectivity index (χ0n) is 25.1. The first-order valence-electron chi connectivity index (χ1n) is 14.6. The van der Waals surface area contributed by atoms with E-state index >= 15 is 0 Å². The first-order chi connectivity index (χ1) is 21.8. The number of ether oxygens (including phenoxy) is 2. The predicted octanol–water partition coefficient (Wildman–Crippen LogP) is 6.29. The molecule has 45 heavy (non-hydrogen) atoms. The molecule has 3 aromatic carbocycles. The topological polar surface area (TPSA) is 100 Å². The van der Waals surface area contributed by atoms with Gasteiger partial charge in [0.15, 0.2) is 11.6 Å². The highest BCUT2D eigenvalue weighted by atomic mass is 19.2. The first-order valence-corrected chi connectivity index (χ1v) is 14.6. The Morgan fingerprint density at radius 3 is 2.56 bits per heavy atom. The van der Waals surface area contributed by atoms with Gasteiger partial charge < -0.3 is 14.8 Å². The molecule has 0 spiro atoms. The van der Waals surface area contributed by atoms with Gasteiger partial charge in [0.05, 0.1) is 37.8 Å². The summed E-state index contributed by atoms with van der Waals surface area (Å²) < 4.78 is 56.0. The Bertz CT molecular complexity index is 1970. The van der Waals surface area contributed by atoms with Crippen LogP contribution in [0.3, 0.4) is 0 Å². The molecule has 0 aliphatic carbocycles. The summed E-state index contributed by atoms with van der Waals surface area (Å²) in [4.78, 5) is 36.2. The van der Waals surface area contributed by atoms with Crippen LogP contribution in [0.15, 0.2) is 70.5 Å². The summed E-state index contributed by atoms with van der Waals surface area (Å²) in [5, 5.41) is 4.33. The minimum absolute atomic E-state index is 0.210. The fourth-order valence-electron chi connectivity index (χ4n) is 5.21. The quantitative estimate of drug-likeness (QED) is 0.237. The zero-order valence-corrected chi connectivity index (χ0v) is 25.1. The molecule has 12 heteroatoms. The third kappa shape index (κ3) is 6.40. The highest BCUT2D eigenvalue weighted by molar-refractivity contribution is 5.92. The zero-order chi connectivity index (χ0) is 32.1. The second-order valence-electron chi connectivity index (χ2n) is 10.1. The van der Waals surface area contributed by atoms with Crippen LogP contribution in [0.4, 0.5) is 24.8 Å². The van der Waals surface area contributed by atoms with Crippen molar-refractivity contribution in [2.24, 2.45) is 0 Å². The normalized spacial score (nSPS) is 12.8. The summed E-state index contributed by atoms with van der Waals surface area (Å²) in [6, 6.07) is 11.6. The molecule has 1 N–H and O–H groups in total. The van der Waals surface area contributed by atoms with Gasteiger partial charge in [0.25, 0.3) is 0 Å². The van der Waals surface area contributed by atoms with Crippen LogP contribution < -0.4 is 26.2 Å². The smallest absolute Gasteiger partial charge is 0.359 e. The Labute approximate surface area is 256 Å². The van der Waals surface area contributed by atoms with Gasteiger partial charge in [0.2, 0.25) is 5.95 Å².